The summed E-state index contributed by atoms with van der Waals surface area (Å²) >= 11 is 0. The van der Waals surface area contributed by atoms with E-state index in [1.807, 2.05) is 12.1 Å². The minimum atomic E-state index is -3.91. The van der Waals surface area contributed by atoms with Gasteiger partial charge in [-0.05, 0) is 55.2 Å². The second-order valence-electron chi connectivity index (χ2n) is 7.92. The maximum atomic E-state index is 12.9. The van der Waals surface area contributed by atoms with Crippen LogP contribution in [0.1, 0.15) is 53.6 Å². The topological polar surface area (TPSA) is 93.1 Å². The zero-order valence-corrected chi connectivity index (χ0v) is 19.9. The van der Waals surface area contributed by atoms with Crippen LogP contribution in [-0.4, -0.2) is 30.4 Å². The van der Waals surface area contributed by atoms with E-state index < -0.39 is 22.5 Å². The van der Waals surface area contributed by atoms with Gasteiger partial charge in [0.25, 0.3) is 15.9 Å². The summed E-state index contributed by atoms with van der Waals surface area (Å²) in [6, 6.07) is 11.5. The average Bonchev–Trinajstić information content (AvgIpc) is 3.27. The van der Waals surface area contributed by atoms with E-state index in [1.54, 1.807) is 25.1 Å². The predicted octanol–water partition coefficient (Wildman–Crippen LogP) is 4.70. The summed E-state index contributed by atoms with van der Waals surface area (Å²) in [5, 5.41) is 2.64. The number of carbonyl (C=O) groups is 1. The van der Waals surface area contributed by atoms with Crippen LogP contribution in [0.3, 0.4) is 0 Å². The van der Waals surface area contributed by atoms with Crippen LogP contribution in [-0.2, 0) is 22.9 Å². The Morgan fingerprint density at radius 2 is 1.85 bits per heavy atom. The number of aromatic nitrogens is 2. The molecule has 0 saturated carbocycles. The second-order valence-corrected chi connectivity index (χ2v) is 9.60. The number of rotatable bonds is 11. The van der Waals surface area contributed by atoms with Gasteiger partial charge in [-0.1, -0.05) is 31.5 Å². The fourth-order valence-electron chi connectivity index (χ4n) is 3.45. The summed E-state index contributed by atoms with van der Waals surface area (Å²) in [7, 11) is -3.91. The molecule has 3 aromatic rings. The van der Waals surface area contributed by atoms with Crippen molar-refractivity contribution in [3.63, 3.8) is 0 Å². The molecule has 0 aliphatic rings. The lowest BCUT2D eigenvalue weighted by molar-refractivity contribution is 0.0670. The SMILES string of the molecule is CCCCc1ccc(NS(=O)(=O)c2ccc(C)c(C(=O)NCCc3nccn3C(F)F)c2)cc1. The van der Waals surface area contributed by atoms with Crippen LogP contribution in [0.15, 0.2) is 59.8 Å². The van der Waals surface area contributed by atoms with Crippen LogP contribution in [0.2, 0.25) is 0 Å². The lowest BCUT2D eigenvalue weighted by Crippen LogP contribution is -2.27. The normalized spacial score (nSPS) is 11.6. The van der Waals surface area contributed by atoms with Gasteiger partial charge in [-0.15, -0.1) is 0 Å². The Morgan fingerprint density at radius 1 is 1.12 bits per heavy atom. The average molecular weight is 491 g/mol. The smallest absolute Gasteiger partial charge is 0.319 e. The van der Waals surface area contributed by atoms with E-state index in [1.165, 1.54) is 24.5 Å². The number of anilines is 1. The molecule has 182 valence electrons. The van der Waals surface area contributed by atoms with Gasteiger partial charge >= 0.3 is 6.55 Å². The minimum Gasteiger partial charge on any atom is -0.352 e. The number of sulfonamides is 1. The molecule has 2 N–H and O–H groups in total. The molecule has 1 amide bonds. The lowest BCUT2D eigenvalue weighted by atomic mass is 10.1. The van der Waals surface area contributed by atoms with Crippen molar-refractivity contribution in [2.24, 2.45) is 0 Å². The highest BCUT2D eigenvalue weighted by Gasteiger charge is 2.19. The first-order valence-electron chi connectivity index (χ1n) is 11.0. The van der Waals surface area contributed by atoms with Gasteiger partial charge in [-0.2, -0.15) is 8.78 Å². The number of nitrogens with one attached hydrogen (secondary N) is 2. The highest BCUT2D eigenvalue weighted by Crippen LogP contribution is 2.20. The molecule has 1 heterocycles. The van der Waals surface area contributed by atoms with Crippen LogP contribution in [0, 0.1) is 6.92 Å². The van der Waals surface area contributed by atoms with Crippen LogP contribution >= 0.6 is 0 Å². The van der Waals surface area contributed by atoms with Crippen LogP contribution in [0.4, 0.5) is 14.5 Å². The number of imidazole rings is 1. The first-order chi connectivity index (χ1) is 16.2. The van der Waals surface area contributed by atoms with Crippen molar-refractivity contribution in [2.45, 2.75) is 51.0 Å². The Kier molecular flexibility index (Phi) is 8.38. The first-order valence-corrected chi connectivity index (χ1v) is 12.5. The van der Waals surface area contributed by atoms with Crippen molar-refractivity contribution in [3.05, 3.63) is 77.4 Å². The highest BCUT2D eigenvalue weighted by atomic mass is 32.2. The zero-order chi connectivity index (χ0) is 24.7. The van der Waals surface area contributed by atoms with Crippen LogP contribution < -0.4 is 10.0 Å². The summed E-state index contributed by atoms with van der Waals surface area (Å²) in [5.74, 6) is -0.349. The van der Waals surface area contributed by atoms with Gasteiger partial charge in [0, 0.05) is 36.6 Å². The van der Waals surface area contributed by atoms with Crippen LogP contribution in [0.5, 0.6) is 0 Å². The van der Waals surface area contributed by atoms with E-state index in [9.17, 15) is 22.0 Å². The number of carbonyl (C=O) groups excluding carboxylic acids is 1. The van der Waals surface area contributed by atoms with Gasteiger partial charge in [0.1, 0.15) is 5.82 Å². The summed E-state index contributed by atoms with van der Waals surface area (Å²) in [5.41, 5.74) is 2.34. The molecule has 0 fully saturated rings. The van der Waals surface area contributed by atoms with Gasteiger partial charge < -0.3 is 5.32 Å². The van der Waals surface area contributed by atoms with Crippen molar-refractivity contribution >= 4 is 21.6 Å². The molecule has 0 bridgehead atoms. The van der Waals surface area contributed by atoms with E-state index in [4.69, 9.17) is 0 Å². The number of hydrogen-bond acceptors (Lipinski definition) is 4. The lowest BCUT2D eigenvalue weighted by Gasteiger charge is -2.12. The molecule has 0 aliphatic carbocycles. The standard InChI is InChI=1S/C24H28F2N4O3S/c1-3-4-5-18-7-9-19(10-8-18)29-34(32,33)20-11-6-17(2)21(16-20)23(31)28-13-12-22-27-14-15-30(22)24(25)26/h6-11,14-16,24,29H,3-5,12-13H2,1-2H3,(H,28,31). The van der Waals surface area contributed by atoms with Gasteiger partial charge in [0.15, 0.2) is 0 Å². The van der Waals surface area contributed by atoms with E-state index >= 15 is 0 Å². The number of alkyl halides is 2. The minimum absolute atomic E-state index is 0.0495. The molecular weight excluding hydrogens is 462 g/mol. The fraction of sp³-hybridized carbons (Fsp3) is 0.333. The van der Waals surface area contributed by atoms with Crippen molar-refractivity contribution in [3.8, 4) is 0 Å². The molecule has 1 aromatic heterocycles. The number of aryl methyl sites for hydroxylation is 2. The molecule has 0 atom stereocenters. The van der Waals surface area contributed by atoms with E-state index in [0.717, 1.165) is 29.4 Å². The molecule has 10 heteroatoms. The van der Waals surface area contributed by atoms with Gasteiger partial charge in [0.05, 0.1) is 4.90 Å². The third kappa shape index (κ3) is 6.40. The van der Waals surface area contributed by atoms with E-state index in [-0.39, 0.29) is 29.2 Å². The molecule has 0 radical (unpaired) electrons. The van der Waals surface area contributed by atoms with Crippen molar-refractivity contribution in [1.82, 2.24) is 14.9 Å². The van der Waals surface area contributed by atoms with Crippen molar-refractivity contribution in [1.29, 1.82) is 0 Å². The molecule has 0 unspecified atom stereocenters. The zero-order valence-electron chi connectivity index (χ0n) is 19.1. The Balaban J connectivity index is 1.68. The van der Waals surface area contributed by atoms with E-state index in [2.05, 4.69) is 21.9 Å². The highest BCUT2D eigenvalue weighted by molar-refractivity contribution is 7.92. The van der Waals surface area contributed by atoms with E-state index in [0.29, 0.717) is 11.3 Å². The fourth-order valence-corrected chi connectivity index (χ4v) is 4.53. The number of halogens is 2. The van der Waals surface area contributed by atoms with Gasteiger partial charge in [-0.25, -0.2) is 13.4 Å². The third-order valence-corrected chi connectivity index (χ3v) is 6.76. The van der Waals surface area contributed by atoms with Crippen molar-refractivity contribution < 1.29 is 22.0 Å². The molecule has 0 saturated heterocycles. The monoisotopic (exact) mass is 490 g/mol. The number of unbranched alkanes of at least 4 members (excludes halogenated alkanes) is 1. The molecule has 3 rings (SSSR count). The Bertz CT molecular complexity index is 1230. The molecule has 2 aromatic carbocycles. The van der Waals surface area contributed by atoms with Gasteiger partial charge in [-0.3, -0.25) is 14.1 Å². The molecule has 7 nitrogen and oxygen atoms in total. The van der Waals surface area contributed by atoms with Crippen LogP contribution in [0.25, 0.3) is 0 Å². The van der Waals surface area contributed by atoms with Crippen molar-refractivity contribution in [2.75, 3.05) is 11.3 Å². The summed E-state index contributed by atoms with van der Waals surface area (Å²) < 4.78 is 54.9. The summed E-state index contributed by atoms with van der Waals surface area (Å²) in [6.07, 6.45) is 5.63. The van der Waals surface area contributed by atoms with Gasteiger partial charge in [0.2, 0.25) is 0 Å². The number of hydrogen-bond donors (Lipinski definition) is 2. The molecule has 0 aliphatic heterocycles. The Hall–Kier alpha value is -3.27. The molecular formula is C24H28F2N4O3S. The quantitative estimate of drug-likeness (QED) is 0.407. The second kappa shape index (κ2) is 11.2. The summed E-state index contributed by atoms with van der Waals surface area (Å²) in [4.78, 5) is 16.5. The maximum Gasteiger partial charge on any atom is 0.319 e. The Morgan fingerprint density at radius 3 is 2.53 bits per heavy atom. The molecule has 34 heavy (non-hydrogen) atoms. The largest absolute Gasteiger partial charge is 0.352 e. The number of nitrogens with zero attached hydrogens (tertiary/aromatic N) is 2. The summed E-state index contributed by atoms with van der Waals surface area (Å²) in [6.45, 7) is 1.16. The first kappa shape index (κ1) is 25.4. The predicted molar refractivity (Wildman–Crippen MR) is 127 cm³/mol. The number of benzene rings is 2. The third-order valence-electron chi connectivity index (χ3n) is 5.38. The maximum absolute atomic E-state index is 12.9. The Labute approximate surface area is 198 Å². The number of amides is 1. The molecule has 0 spiro atoms.